The molecule has 0 unspecified atom stereocenters. The van der Waals surface area contributed by atoms with Crippen LogP contribution in [0.5, 0.6) is 11.5 Å². The predicted octanol–water partition coefficient (Wildman–Crippen LogP) is 6.21. The summed E-state index contributed by atoms with van der Waals surface area (Å²) >= 11 is 8.87. The van der Waals surface area contributed by atoms with Crippen molar-refractivity contribution in [1.82, 2.24) is 4.90 Å². The van der Waals surface area contributed by atoms with Gasteiger partial charge in [-0.1, -0.05) is 29.8 Å². The van der Waals surface area contributed by atoms with Crippen molar-refractivity contribution in [3.8, 4) is 11.5 Å². The summed E-state index contributed by atoms with van der Waals surface area (Å²) < 4.78 is 12.3. The Labute approximate surface area is 230 Å². The molecule has 4 rings (SSSR count). The number of methoxy groups -OCH3 is 1. The summed E-state index contributed by atoms with van der Waals surface area (Å²) in [6.45, 7) is -0.0369. The molecule has 0 aliphatic carbocycles. The Morgan fingerprint density at radius 1 is 1.06 bits per heavy atom. The third-order valence-corrected chi connectivity index (χ3v) is 6.97. The topological polar surface area (TPSA) is 84.9 Å². The molecule has 0 saturated carbocycles. The number of hydrogen-bond acceptors (Lipinski definition) is 6. The van der Waals surface area contributed by atoms with Crippen molar-refractivity contribution in [1.29, 1.82) is 0 Å². The highest BCUT2D eigenvalue weighted by atomic mass is 127. The Kier molecular flexibility index (Phi) is 8.55. The van der Waals surface area contributed by atoms with E-state index in [0.29, 0.717) is 34.4 Å². The molecule has 0 aromatic heterocycles. The van der Waals surface area contributed by atoms with Crippen LogP contribution in [0, 0.1) is 3.57 Å². The molecule has 0 spiro atoms. The minimum atomic E-state index is -0.523. The maximum atomic E-state index is 12.8. The zero-order valence-corrected chi connectivity index (χ0v) is 22.7. The lowest BCUT2D eigenvalue weighted by molar-refractivity contribution is -0.127. The molecule has 1 fully saturated rings. The number of anilines is 1. The highest BCUT2D eigenvalue weighted by molar-refractivity contribution is 14.1. The van der Waals surface area contributed by atoms with Crippen LogP contribution in [-0.4, -0.2) is 35.6 Å². The van der Waals surface area contributed by atoms with Crippen LogP contribution in [-0.2, 0) is 16.2 Å². The summed E-state index contributed by atoms with van der Waals surface area (Å²) in [5.74, 6) is 0.0345. The van der Waals surface area contributed by atoms with Crippen LogP contribution in [0.3, 0.4) is 0 Å². The molecule has 1 N–H and O–H groups in total. The van der Waals surface area contributed by atoms with Gasteiger partial charge in [0.25, 0.3) is 11.1 Å². The van der Waals surface area contributed by atoms with E-state index < -0.39 is 17.1 Å². The number of carbonyl (C=O) groups is 3. The molecule has 1 aliphatic heterocycles. The van der Waals surface area contributed by atoms with E-state index in [-0.39, 0.29) is 11.4 Å². The average Bonchev–Trinajstić information content (AvgIpc) is 3.12. The predicted molar refractivity (Wildman–Crippen MR) is 149 cm³/mol. The van der Waals surface area contributed by atoms with Gasteiger partial charge in [-0.3, -0.25) is 19.3 Å². The quantitative estimate of drug-likeness (QED) is 0.235. The molecule has 10 heteroatoms. The zero-order chi connectivity index (χ0) is 25.7. The number of halogens is 2. The second-order valence-electron chi connectivity index (χ2n) is 7.65. The molecule has 0 bridgehead atoms. The molecule has 3 aromatic rings. The molecule has 7 nitrogen and oxygen atoms in total. The van der Waals surface area contributed by atoms with Crippen molar-refractivity contribution in [3.63, 3.8) is 0 Å². The number of rotatable bonds is 8. The van der Waals surface area contributed by atoms with E-state index in [1.807, 2.05) is 24.3 Å². The average molecular weight is 635 g/mol. The standard InChI is InChI=1S/C26H20ClIN2O5S/c1-34-22-12-17(4-11-21(22)35-15-16-2-5-18(27)6-3-16)13-23-25(32)30(26(33)36-23)14-24(31)29-20-9-7-19(28)8-10-20/h2-13H,14-15H2,1H3,(H,29,31)/b23-13+. The number of hydrogen-bond donors (Lipinski definition) is 1. The number of carbonyl (C=O) groups excluding carboxylic acids is 3. The Hall–Kier alpha value is -3.02. The van der Waals surface area contributed by atoms with Crippen LogP contribution < -0.4 is 14.8 Å². The number of thioether (sulfide) groups is 1. The first kappa shape index (κ1) is 26.1. The molecule has 36 heavy (non-hydrogen) atoms. The van der Waals surface area contributed by atoms with Gasteiger partial charge in [0.15, 0.2) is 11.5 Å². The van der Waals surface area contributed by atoms with Crippen LogP contribution in [0.1, 0.15) is 11.1 Å². The van der Waals surface area contributed by atoms with E-state index in [4.69, 9.17) is 21.1 Å². The second-order valence-corrected chi connectivity index (χ2v) is 10.3. The van der Waals surface area contributed by atoms with Crippen LogP contribution in [0.2, 0.25) is 5.02 Å². The minimum absolute atomic E-state index is 0.221. The van der Waals surface area contributed by atoms with Crippen molar-refractivity contribution in [3.05, 3.63) is 91.4 Å². The first-order chi connectivity index (χ1) is 17.3. The number of imide groups is 1. The smallest absolute Gasteiger partial charge is 0.294 e. The summed E-state index contributed by atoms with van der Waals surface area (Å²) in [4.78, 5) is 38.8. The number of nitrogens with zero attached hydrogens (tertiary/aromatic N) is 1. The highest BCUT2D eigenvalue weighted by Gasteiger charge is 2.36. The summed E-state index contributed by atoms with van der Waals surface area (Å²) in [5.41, 5.74) is 2.19. The molecule has 0 atom stereocenters. The van der Waals surface area contributed by atoms with Gasteiger partial charge in [0, 0.05) is 14.3 Å². The third-order valence-electron chi connectivity index (χ3n) is 5.10. The van der Waals surface area contributed by atoms with E-state index in [0.717, 1.165) is 25.8 Å². The number of ether oxygens (including phenoxy) is 2. The van der Waals surface area contributed by atoms with E-state index in [9.17, 15) is 14.4 Å². The van der Waals surface area contributed by atoms with Crippen molar-refractivity contribution in [2.24, 2.45) is 0 Å². The Morgan fingerprint density at radius 3 is 2.47 bits per heavy atom. The van der Waals surface area contributed by atoms with E-state index in [2.05, 4.69) is 27.9 Å². The van der Waals surface area contributed by atoms with E-state index in [1.54, 1.807) is 48.5 Å². The summed E-state index contributed by atoms with van der Waals surface area (Å²) in [6.07, 6.45) is 1.59. The van der Waals surface area contributed by atoms with Crippen molar-refractivity contribution in [2.45, 2.75) is 6.61 Å². The normalized spacial score (nSPS) is 14.3. The fourth-order valence-electron chi connectivity index (χ4n) is 3.30. The van der Waals surface area contributed by atoms with Gasteiger partial charge in [0.1, 0.15) is 13.2 Å². The van der Waals surface area contributed by atoms with Gasteiger partial charge < -0.3 is 14.8 Å². The lowest BCUT2D eigenvalue weighted by Crippen LogP contribution is -2.36. The van der Waals surface area contributed by atoms with Gasteiger partial charge in [-0.05, 0) is 100 Å². The first-order valence-electron chi connectivity index (χ1n) is 10.7. The summed E-state index contributed by atoms with van der Waals surface area (Å²) in [5, 5.41) is 2.84. The van der Waals surface area contributed by atoms with Gasteiger partial charge in [0.2, 0.25) is 5.91 Å². The van der Waals surface area contributed by atoms with Crippen LogP contribution in [0.4, 0.5) is 10.5 Å². The molecule has 3 amide bonds. The van der Waals surface area contributed by atoms with Crippen molar-refractivity contribution < 1.29 is 23.9 Å². The number of amides is 3. The third kappa shape index (κ3) is 6.59. The molecule has 1 aliphatic rings. The number of nitrogens with one attached hydrogen (secondary N) is 1. The lowest BCUT2D eigenvalue weighted by atomic mass is 10.1. The van der Waals surface area contributed by atoms with E-state index >= 15 is 0 Å². The van der Waals surface area contributed by atoms with Crippen LogP contribution >= 0.6 is 46.0 Å². The maximum absolute atomic E-state index is 12.8. The summed E-state index contributed by atoms with van der Waals surface area (Å²) in [6, 6.07) is 19.7. The van der Waals surface area contributed by atoms with E-state index in [1.165, 1.54) is 7.11 Å². The lowest BCUT2D eigenvalue weighted by Gasteiger charge is -2.13. The molecule has 184 valence electrons. The Balaban J connectivity index is 1.42. The van der Waals surface area contributed by atoms with Crippen molar-refractivity contribution in [2.75, 3.05) is 19.0 Å². The SMILES string of the molecule is COc1cc(/C=C2/SC(=O)N(CC(=O)Nc3ccc(I)cc3)C2=O)ccc1OCc1ccc(Cl)cc1. The minimum Gasteiger partial charge on any atom is -0.493 e. The van der Waals surface area contributed by atoms with Gasteiger partial charge in [-0.25, -0.2) is 0 Å². The second kappa shape index (κ2) is 11.8. The van der Waals surface area contributed by atoms with Gasteiger partial charge in [0.05, 0.1) is 12.0 Å². The fourth-order valence-corrected chi connectivity index (χ4v) is 4.62. The highest BCUT2D eigenvalue weighted by Crippen LogP contribution is 2.34. The monoisotopic (exact) mass is 634 g/mol. The van der Waals surface area contributed by atoms with Gasteiger partial charge >= 0.3 is 0 Å². The Bertz CT molecular complexity index is 1330. The largest absolute Gasteiger partial charge is 0.493 e. The molecule has 3 aromatic carbocycles. The number of benzene rings is 3. The summed E-state index contributed by atoms with van der Waals surface area (Å²) in [7, 11) is 1.52. The zero-order valence-electron chi connectivity index (χ0n) is 19.0. The molecular formula is C26H20ClIN2O5S. The van der Waals surface area contributed by atoms with Gasteiger partial charge in [-0.2, -0.15) is 0 Å². The van der Waals surface area contributed by atoms with Crippen LogP contribution in [0.25, 0.3) is 6.08 Å². The van der Waals surface area contributed by atoms with Crippen molar-refractivity contribution >= 4 is 74.8 Å². The Morgan fingerprint density at radius 2 is 1.78 bits per heavy atom. The molecule has 1 heterocycles. The fraction of sp³-hybridized carbons (Fsp3) is 0.115. The first-order valence-corrected chi connectivity index (χ1v) is 13.0. The maximum Gasteiger partial charge on any atom is 0.294 e. The molecular weight excluding hydrogens is 615 g/mol. The molecule has 0 radical (unpaired) electrons. The van der Waals surface area contributed by atoms with Gasteiger partial charge in [-0.15, -0.1) is 0 Å². The molecule has 1 saturated heterocycles. The van der Waals surface area contributed by atoms with Crippen LogP contribution in [0.15, 0.2) is 71.6 Å².